The molecule has 8 heteroatoms. The lowest BCUT2D eigenvalue weighted by Crippen LogP contribution is -2.22. The van der Waals surface area contributed by atoms with E-state index in [0.717, 1.165) is 6.07 Å². The highest BCUT2D eigenvalue weighted by Crippen LogP contribution is 2.32. The van der Waals surface area contributed by atoms with Crippen LogP contribution in [0.1, 0.15) is 26.3 Å². The first kappa shape index (κ1) is 18.4. The second-order valence-electron chi connectivity index (χ2n) is 5.43. The van der Waals surface area contributed by atoms with Crippen LogP contribution in [-0.4, -0.2) is 30.8 Å². The van der Waals surface area contributed by atoms with Crippen molar-refractivity contribution in [3.05, 3.63) is 65.0 Å². The number of benzene rings is 2. The van der Waals surface area contributed by atoms with Gasteiger partial charge in [-0.3, -0.25) is 9.59 Å². The maximum absolute atomic E-state index is 13.3. The first-order chi connectivity index (χ1) is 11.6. The minimum absolute atomic E-state index is 0.232. The fourth-order valence-corrected chi connectivity index (χ4v) is 2.08. The van der Waals surface area contributed by atoms with Gasteiger partial charge in [0.15, 0.2) is 0 Å². The summed E-state index contributed by atoms with van der Waals surface area (Å²) < 4.78 is 51.4. The van der Waals surface area contributed by atoms with Gasteiger partial charge in [-0.1, -0.05) is 6.07 Å². The molecule has 4 nitrogen and oxygen atoms in total. The summed E-state index contributed by atoms with van der Waals surface area (Å²) in [4.78, 5) is 25.4. The largest absolute Gasteiger partial charge is 0.419 e. The van der Waals surface area contributed by atoms with Crippen LogP contribution in [-0.2, 0) is 6.18 Å². The van der Waals surface area contributed by atoms with Gasteiger partial charge in [-0.2, -0.15) is 13.2 Å². The van der Waals surface area contributed by atoms with Crippen molar-refractivity contribution in [2.24, 2.45) is 0 Å². The van der Waals surface area contributed by atoms with Crippen molar-refractivity contribution >= 4 is 17.5 Å². The van der Waals surface area contributed by atoms with Gasteiger partial charge in [0.2, 0.25) is 0 Å². The third kappa shape index (κ3) is 4.34. The Hall–Kier alpha value is -2.90. The van der Waals surface area contributed by atoms with Gasteiger partial charge >= 0.3 is 6.18 Å². The standard InChI is InChI=1S/C17H14F4N2O2/c1-23(2)16(25)11-4-3-5-12(8-11)22-15(24)10-6-7-14(18)13(9-10)17(19,20)21/h3-9H,1-2H3,(H,22,24). The Kier molecular flexibility index (Phi) is 5.10. The Morgan fingerprint density at radius 2 is 1.68 bits per heavy atom. The highest BCUT2D eigenvalue weighted by atomic mass is 19.4. The van der Waals surface area contributed by atoms with Gasteiger partial charge in [-0.15, -0.1) is 0 Å². The highest BCUT2D eigenvalue weighted by molar-refractivity contribution is 6.05. The molecule has 0 heterocycles. The van der Waals surface area contributed by atoms with E-state index in [9.17, 15) is 27.2 Å². The van der Waals surface area contributed by atoms with Gasteiger partial charge in [-0.05, 0) is 36.4 Å². The molecule has 2 aromatic rings. The van der Waals surface area contributed by atoms with Crippen LogP contribution in [0.25, 0.3) is 0 Å². The van der Waals surface area contributed by atoms with E-state index in [-0.39, 0.29) is 17.2 Å². The number of nitrogens with one attached hydrogen (secondary N) is 1. The molecule has 2 rings (SSSR count). The van der Waals surface area contributed by atoms with Gasteiger partial charge in [0, 0.05) is 30.9 Å². The molecule has 0 aromatic heterocycles. The summed E-state index contributed by atoms with van der Waals surface area (Å²) in [7, 11) is 3.12. The fourth-order valence-electron chi connectivity index (χ4n) is 2.08. The average molecular weight is 354 g/mol. The molecule has 132 valence electrons. The summed E-state index contributed by atoms with van der Waals surface area (Å²) >= 11 is 0. The lowest BCUT2D eigenvalue weighted by atomic mass is 10.1. The monoisotopic (exact) mass is 354 g/mol. The number of alkyl halides is 3. The van der Waals surface area contributed by atoms with Crippen molar-refractivity contribution in [2.75, 3.05) is 19.4 Å². The summed E-state index contributed by atoms with van der Waals surface area (Å²) in [6.45, 7) is 0. The van der Waals surface area contributed by atoms with Crippen molar-refractivity contribution < 1.29 is 27.2 Å². The molecular weight excluding hydrogens is 340 g/mol. The minimum Gasteiger partial charge on any atom is -0.345 e. The van der Waals surface area contributed by atoms with Crippen LogP contribution in [0.15, 0.2) is 42.5 Å². The molecule has 0 radical (unpaired) electrons. The summed E-state index contributed by atoms with van der Waals surface area (Å²) in [6.07, 6.45) is -4.90. The number of anilines is 1. The maximum Gasteiger partial charge on any atom is 0.419 e. The third-order valence-electron chi connectivity index (χ3n) is 3.31. The number of halogens is 4. The van der Waals surface area contributed by atoms with Gasteiger partial charge in [0.1, 0.15) is 5.82 Å². The zero-order valence-corrected chi connectivity index (χ0v) is 13.3. The molecule has 0 aliphatic rings. The predicted molar refractivity (Wildman–Crippen MR) is 83.8 cm³/mol. The van der Waals surface area contributed by atoms with Crippen LogP contribution < -0.4 is 5.32 Å². The first-order valence-corrected chi connectivity index (χ1v) is 7.09. The number of carbonyl (C=O) groups excluding carboxylic acids is 2. The zero-order chi connectivity index (χ0) is 18.8. The average Bonchev–Trinajstić information content (AvgIpc) is 2.53. The van der Waals surface area contributed by atoms with E-state index in [1.807, 2.05) is 0 Å². The molecule has 0 aliphatic heterocycles. The SMILES string of the molecule is CN(C)C(=O)c1cccc(NC(=O)c2ccc(F)c(C(F)(F)F)c2)c1. The molecule has 0 spiro atoms. The van der Waals surface area contributed by atoms with Crippen LogP contribution in [0.3, 0.4) is 0 Å². The Morgan fingerprint density at radius 3 is 2.28 bits per heavy atom. The van der Waals surface area contributed by atoms with E-state index < -0.39 is 23.5 Å². The van der Waals surface area contributed by atoms with Crippen LogP contribution >= 0.6 is 0 Å². The Bertz CT molecular complexity index is 817. The highest BCUT2D eigenvalue weighted by Gasteiger charge is 2.34. The van der Waals surface area contributed by atoms with Gasteiger partial charge < -0.3 is 10.2 Å². The molecule has 25 heavy (non-hydrogen) atoms. The Morgan fingerprint density at radius 1 is 1.00 bits per heavy atom. The number of carbonyl (C=O) groups is 2. The van der Waals surface area contributed by atoms with Gasteiger partial charge in [0.25, 0.3) is 11.8 Å². The van der Waals surface area contributed by atoms with Gasteiger partial charge in [0.05, 0.1) is 5.56 Å². The molecule has 0 unspecified atom stereocenters. The molecule has 0 saturated heterocycles. The summed E-state index contributed by atoms with van der Waals surface area (Å²) in [5.74, 6) is -2.60. The molecule has 1 N–H and O–H groups in total. The van der Waals surface area contributed by atoms with E-state index in [2.05, 4.69) is 5.32 Å². The van der Waals surface area contributed by atoms with Crippen molar-refractivity contribution in [1.29, 1.82) is 0 Å². The molecular formula is C17H14F4N2O2. The van der Waals surface area contributed by atoms with E-state index in [1.54, 1.807) is 14.1 Å². The van der Waals surface area contributed by atoms with Crippen LogP contribution in [0, 0.1) is 5.82 Å². The summed E-state index contributed by atoms with van der Waals surface area (Å²) in [6, 6.07) is 7.93. The van der Waals surface area contributed by atoms with Crippen LogP contribution in [0.4, 0.5) is 23.2 Å². The smallest absolute Gasteiger partial charge is 0.345 e. The Balaban J connectivity index is 2.26. The van der Waals surface area contributed by atoms with Crippen molar-refractivity contribution in [3.63, 3.8) is 0 Å². The van der Waals surface area contributed by atoms with E-state index in [1.165, 1.54) is 29.2 Å². The number of amides is 2. The normalized spacial score (nSPS) is 11.1. The lowest BCUT2D eigenvalue weighted by Gasteiger charge is -2.12. The summed E-state index contributed by atoms with van der Waals surface area (Å²) in [5, 5.41) is 2.39. The fraction of sp³-hybridized carbons (Fsp3) is 0.176. The molecule has 2 amide bonds. The number of hydrogen-bond acceptors (Lipinski definition) is 2. The van der Waals surface area contributed by atoms with Crippen molar-refractivity contribution in [3.8, 4) is 0 Å². The molecule has 2 aromatic carbocycles. The molecule has 0 fully saturated rings. The minimum atomic E-state index is -4.90. The van der Waals surface area contributed by atoms with Gasteiger partial charge in [-0.25, -0.2) is 4.39 Å². The van der Waals surface area contributed by atoms with Crippen LogP contribution in [0.2, 0.25) is 0 Å². The number of hydrogen-bond donors (Lipinski definition) is 1. The zero-order valence-electron chi connectivity index (χ0n) is 13.3. The first-order valence-electron chi connectivity index (χ1n) is 7.09. The van der Waals surface area contributed by atoms with Crippen molar-refractivity contribution in [1.82, 2.24) is 4.90 Å². The molecule has 0 saturated carbocycles. The molecule has 0 atom stereocenters. The maximum atomic E-state index is 13.3. The molecule has 0 bridgehead atoms. The number of nitrogens with zero attached hydrogens (tertiary/aromatic N) is 1. The number of rotatable bonds is 3. The second-order valence-corrected chi connectivity index (χ2v) is 5.43. The topological polar surface area (TPSA) is 49.4 Å². The quantitative estimate of drug-likeness (QED) is 0.853. The van der Waals surface area contributed by atoms with E-state index in [4.69, 9.17) is 0 Å². The van der Waals surface area contributed by atoms with E-state index in [0.29, 0.717) is 17.7 Å². The molecule has 0 aliphatic carbocycles. The second kappa shape index (κ2) is 6.92. The predicted octanol–water partition coefficient (Wildman–Crippen LogP) is 3.80. The third-order valence-corrected chi connectivity index (χ3v) is 3.31. The van der Waals surface area contributed by atoms with Crippen molar-refractivity contribution in [2.45, 2.75) is 6.18 Å². The van der Waals surface area contributed by atoms with Crippen LogP contribution in [0.5, 0.6) is 0 Å². The summed E-state index contributed by atoms with van der Waals surface area (Å²) in [5.41, 5.74) is -1.33. The lowest BCUT2D eigenvalue weighted by molar-refractivity contribution is -0.140. The Labute approximate surface area is 141 Å². The van der Waals surface area contributed by atoms with E-state index >= 15 is 0 Å².